The topological polar surface area (TPSA) is 44.7 Å². The van der Waals surface area contributed by atoms with E-state index in [0.29, 0.717) is 6.04 Å². The molecule has 0 aromatic rings. The van der Waals surface area contributed by atoms with Crippen molar-refractivity contribution in [3.63, 3.8) is 0 Å². The molecule has 1 atom stereocenters. The molecule has 1 saturated heterocycles. The Kier molecular flexibility index (Phi) is 4.19. The Morgan fingerprint density at radius 3 is 2.28 bits per heavy atom. The quantitative estimate of drug-likeness (QED) is 0.693. The van der Waals surface area contributed by atoms with Crippen molar-refractivity contribution in [1.82, 2.24) is 10.2 Å². The Labute approximate surface area is 110 Å². The first kappa shape index (κ1) is 12.9. The predicted molar refractivity (Wildman–Crippen MR) is 70.5 cm³/mol. The normalized spacial score (nSPS) is 27.7. The van der Waals surface area contributed by atoms with Crippen molar-refractivity contribution in [2.45, 2.75) is 37.8 Å². The third-order valence-electron chi connectivity index (χ3n) is 4.42. The molecule has 0 amide bonds. The second kappa shape index (κ2) is 5.87. The molecule has 0 aromatic carbocycles. The maximum atomic E-state index is 10.1. The number of hydrogen-bond acceptors (Lipinski definition) is 4. The molecule has 1 heterocycles. The second-order valence-electron chi connectivity index (χ2n) is 6.18. The van der Waals surface area contributed by atoms with Crippen LogP contribution in [0.2, 0.25) is 0 Å². The van der Waals surface area contributed by atoms with Crippen molar-refractivity contribution in [3.05, 3.63) is 0 Å². The van der Waals surface area contributed by atoms with Gasteiger partial charge < -0.3 is 15.2 Å². The highest BCUT2D eigenvalue weighted by atomic mass is 16.5. The molecule has 2 saturated carbocycles. The Bertz CT molecular complexity index is 249. The van der Waals surface area contributed by atoms with E-state index in [9.17, 15) is 5.11 Å². The van der Waals surface area contributed by atoms with Gasteiger partial charge in [-0.25, -0.2) is 0 Å². The number of nitrogens with one attached hydrogen (secondary N) is 1. The summed E-state index contributed by atoms with van der Waals surface area (Å²) in [6.07, 6.45) is 5.35. The maximum Gasteiger partial charge on any atom is 0.0791 e. The van der Waals surface area contributed by atoms with E-state index in [1.165, 1.54) is 25.7 Å². The van der Waals surface area contributed by atoms with Crippen molar-refractivity contribution in [1.29, 1.82) is 0 Å². The van der Waals surface area contributed by atoms with Crippen LogP contribution in [0.5, 0.6) is 0 Å². The van der Waals surface area contributed by atoms with Gasteiger partial charge in [0.25, 0.3) is 0 Å². The molecular weight excluding hydrogens is 228 g/mol. The zero-order chi connectivity index (χ0) is 12.4. The first-order valence-electron chi connectivity index (χ1n) is 7.54. The average Bonchev–Trinajstić information content (AvgIpc) is 3.25. The number of β-amino-alcohol motifs (C(OH)–C–C–N with tert-alkyl or cyclic N) is 1. The van der Waals surface area contributed by atoms with Gasteiger partial charge in [0.1, 0.15) is 0 Å². The molecule has 4 heteroatoms. The van der Waals surface area contributed by atoms with Crippen LogP contribution in [0, 0.1) is 11.8 Å². The summed E-state index contributed by atoms with van der Waals surface area (Å²) in [6, 6.07) is 0.698. The summed E-state index contributed by atoms with van der Waals surface area (Å²) in [7, 11) is 0. The standard InChI is InChI=1S/C14H26N2O2/c17-13(10-16-5-7-18-8-6-16)9-15-14(11-1-2-11)12-3-4-12/h11-15,17H,1-10H2. The maximum absolute atomic E-state index is 10.1. The average molecular weight is 254 g/mol. The number of aliphatic hydroxyl groups is 1. The third-order valence-corrected chi connectivity index (χ3v) is 4.42. The van der Waals surface area contributed by atoms with E-state index in [-0.39, 0.29) is 6.10 Å². The van der Waals surface area contributed by atoms with E-state index in [1.54, 1.807) is 0 Å². The SMILES string of the molecule is OC(CNC(C1CC1)C1CC1)CN1CCOCC1. The highest BCUT2D eigenvalue weighted by molar-refractivity contribution is 4.96. The Morgan fingerprint density at radius 1 is 1.11 bits per heavy atom. The Hall–Kier alpha value is -0.160. The fourth-order valence-corrected chi connectivity index (χ4v) is 3.05. The van der Waals surface area contributed by atoms with Gasteiger partial charge in [-0.1, -0.05) is 0 Å². The zero-order valence-electron chi connectivity index (χ0n) is 11.2. The highest BCUT2D eigenvalue weighted by Crippen LogP contribution is 2.44. The van der Waals surface area contributed by atoms with Crippen LogP contribution in [-0.4, -0.2) is 61.5 Å². The molecule has 3 rings (SSSR count). The Balaban J connectivity index is 1.36. The van der Waals surface area contributed by atoms with Crippen LogP contribution in [0.15, 0.2) is 0 Å². The van der Waals surface area contributed by atoms with E-state index in [1.807, 2.05) is 0 Å². The molecule has 4 nitrogen and oxygen atoms in total. The van der Waals surface area contributed by atoms with Gasteiger partial charge in [-0.2, -0.15) is 0 Å². The number of aliphatic hydroxyl groups excluding tert-OH is 1. The lowest BCUT2D eigenvalue weighted by Crippen LogP contribution is -2.46. The molecule has 0 radical (unpaired) electrons. The molecule has 1 aliphatic heterocycles. The first-order valence-corrected chi connectivity index (χ1v) is 7.54. The molecule has 0 aromatic heterocycles. The van der Waals surface area contributed by atoms with Gasteiger partial charge in [0.2, 0.25) is 0 Å². The minimum atomic E-state index is -0.233. The van der Waals surface area contributed by atoms with Crippen LogP contribution in [0.3, 0.4) is 0 Å². The molecule has 2 aliphatic carbocycles. The van der Waals surface area contributed by atoms with Gasteiger partial charge in [-0.05, 0) is 37.5 Å². The number of hydrogen-bond donors (Lipinski definition) is 2. The monoisotopic (exact) mass is 254 g/mol. The van der Waals surface area contributed by atoms with Crippen LogP contribution >= 0.6 is 0 Å². The van der Waals surface area contributed by atoms with Crippen LogP contribution in [0.1, 0.15) is 25.7 Å². The highest BCUT2D eigenvalue weighted by Gasteiger charge is 2.41. The lowest BCUT2D eigenvalue weighted by atomic mass is 10.1. The molecule has 2 N–H and O–H groups in total. The van der Waals surface area contributed by atoms with Gasteiger partial charge in [-0.15, -0.1) is 0 Å². The second-order valence-corrected chi connectivity index (χ2v) is 6.18. The summed E-state index contributed by atoms with van der Waals surface area (Å²) in [5.74, 6) is 1.82. The van der Waals surface area contributed by atoms with E-state index in [0.717, 1.165) is 51.2 Å². The fourth-order valence-electron chi connectivity index (χ4n) is 3.05. The van der Waals surface area contributed by atoms with Crippen molar-refractivity contribution >= 4 is 0 Å². The van der Waals surface area contributed by atoms with E-state index >= 15 is 0 Å². The van der Waals surface area contributed by atoms with E-state index in [2.05, 4.69) is 10.2 Å². The van der Waals surface area contributed by atoms with E-state index in [4.69, 9.17) is 4.74 Å². The molecular formula is C14H26N2O2. The predicted octanol–water partition coefficient (Wildman–Crippen LogP) is 0.458. The van der Waals surface area contributed by atoms with Crippen molar-refractivity contribution < 1.29 is 9.84 Å². The number of nitrogens with zero attached hydrogens (tertiary/aromatic N) is 1. The third kappa shape index (κ3) is 3.67. The lowest BCUT2D eigenvalue weighted by Gasteiger charge is -2.29. The van der Waals surface area contributed by atoms with Crippen LogP contribution in [0.4, 0.5) is 0 Å². The minimum absolute atomic E-state index is 0.233. The minimum Gasteiger partial charge on any atom is -0.390 e. The summed E-state index contributed by atoms with van der Waals surface area (Å²) in [5, 5.41) is 13.7. The number of ether oxygens (including phenoxy) is 1. The van der Waals surface area contributed by atoms with Gasteiger partial charge in [0.15, 0.2) is 0 Å². The molecule has 18 heavy (non-hydrogen) atoms. The van der Waals surface area contributed by atoms with E-state index < -0.39 is 0 Å². The van der Waals surface area contributed by atoms with Crippen LogP contribution < -0.4 is 5.32 Å². The number of morpholine rings is 1. The molecule has 0 bridgehead atoms. The molecule has 1 unspecified atom stereocenters. The van der Waals surface area contributed by atoms with Crippen LogP contribution in [0.25, 0.3) is 0 Å². The first-order chi connectivity index (χ1) is 8.83. The van der Waals surface area contributed by atoms with Gasteiger partial charge in [0.05, 0.1) is 19.3 Å². The lowest BCUT2D eigenvalue weighted by molar-refractivity contribution is 0.0142. The summed E-state index contributed by atoms with van der Waals surface area (Å²) < 4.78 is 5.32. The summed E-state index contributed by atoms with van der Waals surface area (Å²) in [4.78, 5) is 2.30. The summed E-state index contributed by atoms with van der Waals surface area (Å²) >= 11 is 0. The molecule has 3 aliphatic rings. The smallest absolute Gasteiger partial charge is 0.0791 e. The van der Waals surface area contributed by atoms with Crippen molar-refractivity contribution in [2.24, 2.45) is 11.8 Å². The largest absolute Gasteiger partial charge is 0.390 e. The number of rotatable bonds is 7. The van der Waals surface area contributed by atoms with Crippen molar-refractivity contribution in [3.8, 4) is 0 Å². The Morgan fingerprint density at radius 2 is 1.72 bits per heavy atom. The summed E-state index contributed by atoms with van der Waals surface area (Å²) in [5.41, 5.74) is 0. The van der Waals surface area contributed by atoms with Gasteiger partial charge >= 0.3 is 0 Å². The molecule has 0 spiro atoms. The van der Waals surface area contributed by atoms with Gasteiger partial charge in [-0.3, -0.25) is 4.90 Å². The molecule has 3 fully saturated rings. The molecule has 104 valence electrons. The van der Waals surface area contributed by atoms with Crippen molar-refractivity contribution in [2.75, 3.05) is 39.4 Å². The fraction of sp³-hybridized carbons (Fsp3) is 1.00. The summed E-state index contributed by atoms with van der Waals surface area (Å²) in [6.45, 7) is 5.10. The zero-order valence-corrected chi connectivity index (χ0v) is 11.2. The van der Waals surface area contributed by atoms with Crippen LogP contribution in [-0.2, 0) is 4.74 Å². The van der Waals surface area contributed by atoms with Gasteiger partial charge in [0, 0.05) is 32.2 Å².